The first-order valence-electron chi connectivity index (χ1n) is 2.79. The summed E-state index contributed by atoms with van der Waals surface area (Å²) < 4.78 is 9.12. The number of carbonyl (C=O) groups excluding carboxylic acids is 1. The molecule has 0 atom stereocenters. The summed E-state index contributed by atoms with van der Waals surface area (Å²) in [6.07, 6.45) is 0. The van der Waals surface area contributed by atoms with Gasteiger partial charge in [0.05, 0.1) is 6.61 Å². The van der Waals surface area contributed by atoms with E-state index in [0.29, 0.717) is 12.2 Å². The molecule has 0 amide bonds. The second-order valence-electron chi connectivity index (χ2n) is 1.76. The Morgan fingerprint density at radius 3 is 2.60 bits per heavy atom. The van der Waals surface area contributed by atoms with Crippen molar-refractivity contribution in [1.82, 2.24) is 0 Å². The minimum Gasteiger partial charge on any atom is -0.460 e. The Balaban J connectivity index is 3.31. The van der Waals surface area contributed by atoms with Crippen LogP contribution in [-0.2, 0) is 14.0 Å². The number of esters is 1. The second-order valence-corrected chi connectivity index (χ2v) is 2.05. The SMILES string of the molecule is C=C(C)C(=O)OCCO[Si]. The highest BCUT2D eigenvalue weighted by molar-refractivity contribution is 5.97. The van der Waals surface area contributed by atoms with Gasteiger partial charge in [-0.25, -0.2) is 4.79 Å². The molecular formula is C6H9O3Si. The van der Waals surface area contributed by atoms with Crippen LogP contribution in [0.4, 0.5) is 0 Å². The first-order chi connectivity index (χ1) is 4.68. The molecule has 0 N–H and O–H groups in total. The lowest BCUT2D eigenvalue weighted by Crippen LogP contribution is -2.09. The zero-order valence-corrected chi connectivity index (χ0v) is 6.85. The summed E-state index contributed by atoms with van der Waals surface area (Å²) in [5.41, 5.74) is 0.397. The van der Waals surface area contributed by atoms with Gasteiger partial charge in [0.25, 0.3) is 0 Å². The van der Waals surface area contributed by atoms with E-state index in [0.717, 1.165) is 0 Å². The highest BCUT2D eigenvalue weighted by atomic mass is 28.2. The van der Waals surface area contributed by atoms with Crippen LogP contribution in [0.25, 0.3) is 0 Å². The van der Waals surface area contributed by atoms with Gasteiger partial charge in [0.15, 0.2) is 0 Å². The van der Waals surface area contributed by atoms with Gasteiger partial charge >= 0.3 is 5.97 Å². The van der Waals surface area contributed by atoms with Gasteiger partial charge in [0.2, 0.25) is 10.5 Å². The Bertz CT molecular complexity index is 133. The van der Waals surface area contributed by atoms with Crippen molar-refractivity contribution >= 4 is 16.5 Å². The third-order valence-electron chi connectivity index (χ3n) is 0.767. The molecule has 0 aromatic heterocycles. The molecule has 0 aliphatic rings. The molecule has 0 spiro atoms. The van der Waals surface area contributed by atoms with Gasteiger partial charge in [-0.1, -0.05) is 6.58 Å². The lowest BCUT2D eigenvalue weighted by atomic mass is 10.4. The normalized spacial score (nSPS) is 9.00. The van der Waals surface area contributed by atoms with Gasteiger partial charge < -0.3 is 9.16 Å². The van der Waals surface area contributed by atoms with E-state index >= 15 is 0 Å². The van der Waals surface area contributed by atoms with Crippen molar-refractivity contribution in [3.63, 3.8) is 0 Å². The number of carbonyl (C=O) groups is 1. The molecule has 0 aromatic carbocycles. The first kappa shape index (κ1) is 9.39. The summed E-state index contributed by atoms with van der Waals surface area (Å²) in [6.45, 7) is 5.59. The molecule has 0 bridgehead atoms. The van der Waals surface area contributed by atoms with Crippen LogP contribution in [0, 0.1) is 0 Å². The molecule has 0 aliphatic carbocycles. The van der Waals surface area contributed by atoms with Crippen molar-refractivity contribution in [1.29, 1.82) is 0 Å². The van der Waals surface area contributed by atoms with Gasteiger partial charge in [-0.3, -0.25) is 0 Å². The predicted octanol–water partition coefficient (Wildman–Crippen LogP) is 0.206. The van der Waals surface area contributed by atoms with Gasteiger partial charge in [0.1, 0.15) is 6.61 Å². The zero-order valence-electron chi connectivity index (χ0n) is 5.85. The van der Waals surface area contributed by atoms with E-state index in [4.69, 9.17) is 0 Å². The number of ether oxygens (including phenoxy) is 1. The van der Waals surface area contributed by atoms with Crippen molar-refractivity contribution < 1.29 is 14.0 Å². The predicted molar refractivity (Wildman–Crippen MR) is 37.5 cm³/mol. The van der Waals surface area contributed by atoms with Gasteiger partial charge in [-0.15, -0.1) is 0 Å². The molecule has 4 heteroatoms. The topological polar surface area (TPSA) is 35.5 Å². The maximum Gasteiger partial charge on any atom is 0.333 e. The van der Waals surface area contributed by atoms with E-state index in [2.05, 4.69) is 26.2 Å². The Morgan fingerprint density at radius 2 is 2.20 bits per heavy atom. The highest BCUT2D eigenvalue weighted by Gasteiger charge is 2.00. The maximum atomic E-state index is 10.6. The minimum atomic E-state index is -0.385. The zero-order chi connectivity index (χ0) is 7.98. The number of hydrogen-bond acceptors (Lipinski definition) is 3. The van der Waals surface area contributed by atoms with Crippen LogP contribution in [-0.4, -0.2) is 29.7 Å². The average molecular weight is 157 g/mol. The van der Waals surface area contributed by atoms with E-state index in [1.807, 2.05) is 0 Å². The van der Waals surface area contributed by atoms with Crippen molar-refractivity contribution in [2.24, 2.45) is 0 Å². The van der Waals surface area contributed by atoms with Crippen molar-refractivity contribution in [2.75, 3.05) is 13.2 Å². The standard InChI is InChI=1S/C6H9O3Si/c1-5(2)6(7)8-3-4-9-10/h1,3-4H2,2H3. The summed E-state index contributed by atoms with van der Waals surface area (Å²) in [5, 5.41) is 0. The summed E-state index contributed by atoms with van der Waals surface area (Å²) in [5.74, 6) is -0.385. The molecule has 3 radical (unpaired) electrons. The Kier molecular flexibility index (Phi) is 4.88. The van der Waals surface area contributed by atoms with Crippen molar-refractivity contribution in [3.05, 3.63) is 12.2 Å². The lowest BCUT2D eigenvalue weighted by Gasteiger charge is -2.01. The summed E-state index contributed by atoms with van der Waals surface area (Å²) in [7, 11) is 2.77. The lowest BCUT2D eigenvalue weighted by molar-refractivity contribution is -0.139. The average Bonchev–Trinajstić information content (AvgIpc) is 1.88. The van der Waals surface area contributed by atoms with Gasteiger partial charge in [-0.05, 0) is 6.92 Å². The molecule has 0 rings (SSSR count). The monoisotopic (exact) mass is 157 g/mol. The van der Waals surface area contributed by atoms with E-state index in [1.54, 1.807) is 6.92 Å². The molecule has 0 fully saturated rings. The molecule has 10 heavy (non-hydrogen) atoms. The summed E-state index contributed by atoms with van der Waals surface area (Å²) in [6, 6.07) is 0. The highest BCUT2D eigenvalue weighted by Crippen LogP contribution is 1.90. The molecule has 0 aliphatic heterocycles. The smallest absolute Gasteiger partial charge is 0.333 e. The Hall–Kier alpha value is -0.613. The molecule has 0 saturated carbocycles. The fourth-order valence-corrected chi connectivity index (χ4v) is 0.383. The van der Waals surface area contributed by atoms with Crippen LogP contribution in [0.1, 0.15) is 6.92 Å². The Morgan fingerprint density at radius 1 is 1.60 bits per heavy atom. The van der Waals surface area contributed by atoms with E-state index in [-0.39, 0.29) is 12.6 Å². The van der Waals surface area contributed by atoms with Crippen LogP contribution in [0.15, 0.2) is 12.2 Å². The third-order valence-corrected chi connectivity index (χ3v) is 0.971. The first-order valence-corrected chi connectivity index (χ1v) is 3.20. The fraction of sp³-hybridized carbons (Fsp3) is 0.500. The largest absolute Gasteiger partial charge is 0.460 e. The van der Waals surface area contributed by atoms with Crippen LogP contribution < -0.4 is 0 Å². The van der Waals surface area contributed by atoms with E-state index in [1.165, 1.54) is 0 Å². The quantitative estimate of drug-likeness (QED) is 0.253. The van der Waals surface area contributed by atoms with Gasteiger partial charge in [0, 0.05) is 5.57 Å². The Labute approximate surface area is 63.6 Å². The molecule has 0 saturated heterocycles. The number of hydrogen-bond donors (Lipinski definition) is 0. The van der Waals surface area contributed by atoms with E-state index in [9.17, 15) is 4.79 Å². The summed E-state index contributed by atoms with van der Waals surface area (Å²) in [4.78, 5) is 10.6. The summed E-state index contributed by atoms with van der Waals surface area (Å²) >= 11 is 0. The molecular weight excluding hydrogens is 148 g/mol. The third kappa shape index (κ3) is 4.28. The minimum absolute atomic E-state index is 0.245. The number of rotatable bonds is 4. The van der Waals surface area contributed by atoms with E-state index < -0.39 is 0 Å². The van der Waals surface area contributed by atoms with Crippen LogP contribution >= 0.6 is 0 Å². The van der Waals surface area contributed by atoms with Crippen molar-refractivity contribution in [2.45, 2.75) is 6.92 Å². The van der Waals surface area contributed by atoms with Crippen LogP contribution in [0.5, 0.6) is 0 Å². The molecule has 55 valence electrons. The fourth-order valence-electron chi connectivity index (χ4n) is 0.299. The molecule has 0 heterocycles. The molecule has 3 nitrogen and oxygen atoms in total. The van der Waals surface area contributed by atoms with Crippen molar-refractivity contribution in [3.8, 4) is 0 Å². The van der Waals surface area contributed by atoms with Crippen LogP contribution in [0.3, 0.4) is 0 Å². The maximum absolute atomic E-state index is 10.6. The van der Waals surface area contributed by atoms with Crippen LogP contribution in [0.2, 0.25) is 0 Å². The molecule has 0 aromatic rings. The van der Waals surface area contributed by atoms with Gasteiger partial charge in [-0.2, -0.15) is 0 Å². The second kappa shape index (κ2) is 5.19. The molecule has 0 unspecified atom stereocenters.